The largest absolute Gasteiger partial charge is 0.359 e. The SMILES string of the molecule is COCO[C@@H]1CC[C@]2(C)C3CC[C@@]45CC=C[C@@H](C(C)=O)[C@H]4CCC5C3CC[C@H]2C1. The normalized spacial score (nSPS) is 50.9. The molecule has 0 aromatic carbocycles. The average Bonchev–Trinajstić information content (AvgIpc) is 3.12. The molecule has 3 nitrogen and oxygen atoms in total. The van der Waals surface area contributed by atoms with Crippen LogP contribution in [-0.4, -0.2) is 25.8 Å². The van der Waals surface area contributed by atoms with Crippen LogP contribution in [0.2, 0.25) is 0 Å². The highest BCUT2D eigenvalue weighted by Crippen LogP contribution is 2.70. The second-order valence-corrected chi connectivity index (χ2v) is 11.4. The highest BCUT2D eigenvalue weighted by molar-refractivity contribution is 5.80. The van der Waals surface area contributed by atoms with E-state index < -0.39 is 0 Å². The minimum absolute atomic E-state index is 0.200. The molecule has 9 atom stereocenters. The van der Waals surface area contributed by atoms with Gasteiger partial charge < -0.3 is 9.47 Å². The first-order chi connectivity index (χ1) is 14.0. The summed E-state index contributed by atoms with van der Waals surface area (Å²) in [6, 6.07) is 0. The number of Topliss-reactive ketones (excluding diaryl/α,β-unsaturated/α-hetero) is 1. The zero-order valence-corrected chi connectivity index (χ0v) is 18.7. The molecule has 0 N–H and O–H groups in total. The van der Waals surface area contributed by atoms with Gasteiger partial charge in [0.05, 0.1) is 6.10 Å². The minimum Gasteiger partial charge on any atom is -0.359 e. The van der Waals surface area contributed by atoms with Crippen LogP contribution < -0.4 is 0 Å². The Morgan fingerprint density at radius 1 is 1.03 bits per heavy atom. The van der Waals surface area contributed by atoms with Gasteiger partial charge in [-0.05, 0) is 112 Å². The Kier molecular flexibility index (Phi) is 5.22. The molecule has 0 radical (unpaired) electrons. The monoisotopic (exact) mass is 400 g/mol. The first-order valence-corrected chi connectivity index (χ1v) is 12.3. The predicted octanol–water partition coefficient (Wildman–Crippen LogP) is 5.78. The Hall–Kier alpha value is -0.670. The van der Waals surface area contributed by atoms with Crippen LogP contribution in [-0.2, 0) is 14.3 Å². The molecule has 5 aliphatic carbocycles. The van der Waals surface area contributed by atoms with Gasteiger partial charge in [-0.25, -0.2) is 0 Å². The fourth-order valence-electron chi connectivity index (χ4n) is 9.31. The van der Waals surface area contributed by atoms with E-state index in [-0.39, 0.29) is 5.92 Å². The maximum atomic E-state index is 12.4. The average molecular weight is 401 g/mol. The third-order valence-corrected chi connectivity index (χ3v) is 10.6. The molecule has 0 saturated heterocycles. The van der Waals surface area contributed by atoms with Crippen LogP contribution in [0, 0.1) is 46.3 Å². The number of fused-ring (bicyclic) bond motifs is 4. The highest BCUT2D eigenvalue weighted by atomic mass is 16.7. The van der Waals surface area contributed by atoms with Gasteiger partial charge in [0.15, 0.2) is 0 Å². The van der Waals surface area contributed by atoms with Gasteiger partial charge in [-0.3, -0.25) is 4.79 Å². The van der Waals surface area contributed by atoms with Crippen molar-refractivity contribution in [2.45, 2.75) is 84.2 Å². The lowest BCUT2D eigenvalue weighted by Crippen LogP contribution is -2.55. The molecule has 5 rings (SSSR count). The van der Waals surface area contributed by atoms with Gasteiger partial charge in [0, 0.05) is 13.0 Å². The summed E-state index contributed by atoms with van der Waals surface area (Å²) in [7, 11) is 1.72. The predicted molar refractivity (Wildman–Crippen MR) is 114 cm³/mol. The lowest BCUT2D eigenvalue weighted by molar-refractivity contribution is -0.156. The van der Waals surface area contributed by atoms with Gasteiger partial charge >= 0.3 is 0 Å². The number of carbonyl (C=O) groups is 1. The van der Waals surface area contributed by atoms with Crippen molar-refractivity contribution in [1.29, 1.82) is 0 Å². The van der Waals surface area contributed by atoms with Crippen molar-refractivity contribution < 1.29 is 14.3 Å². The van der Waals surface area contributed by atoms with E-state index in [4.69, 9.17) is 9.47 Å². The molecule has 0 bridgehead atoms. The molecule has 3 unspecified atom stereocenters. The van der Waals surface area contributed by atoms with Gasteiger partial charge in [-0.15, -0.1) is 0 Å². The molecule has 0 aromatic heterocycles. The number of hydrogen-bond acceptors (Lipinski definition) is 3. The van der Waals surface area contributed by atoms with Crippen molar-refractivity contribution in [3.05, 3.63) is 12.2 Å². The molecule has 3 heteroatoms. The van der Waals surface area contributed by atoms with Crippen molar-refractivity contribution >= 4 is 5.78 Å². The molecule has 0 amide bonds. The standard InChI is InChI=1S/C26H40O3/c1-17(27)20-5-4-12-26-14-11-22-21(24(26)9-8-23(20)26)7-6-18-15-19(29-16-28-3)10-13-25(18,22)2/h4-5,18-24H,6-16H2,1-3H3/t18-,19+,20-,21?,22?,23+,24?,25-,26-/m0/s1. The minimum atomic E-state index is 0.200. The maximum absolute atomic E-state index is 12.4. The van der Waals surface area contributed by atoms with Crippen molar-refractivity contribution in [1.82, 2.24) is 0 Å². The zero-order valence-electron chi connectivity index (χ0n) is 18.7. The highest BCUT2D eigenvalue weighted by Gasteiger charge is 2.62. The topological polar surface area (TPSA) is 35.5 Å². The molecule has 5 aliphatic rings. The number of ether oxygens (including phenoxy) is 2. The lowest BCUT2D eigenvalue weighted by Gasteiger charge is -2.62. The first kappa shape index (κ1) is 20.2. The van der Waals surface area contributed by atoms with E-state index in [1.165, 1.54) is 64.2 Å². The smallest absolute Gasteiger partial charge is 0.146 e. The van der Waals surface area contributed by atoms with Crippen LogP contribution >= 0.6 is 0 Å². The number of ketones is 1. The van der Waals surface area contributed by atoms with Gasteiger partial charge in [0.1, 0.15) is 12.6 Å². The molecular formula is C26H40O3. The van der Waals surface area contributed by atoms with Crippen molar-refractivity contribution in [3.63, 3.8) is 0 Å². The zero-order chi connectivity index (χ0) is 20.2. The molecule has 0 aliphatic heterocycles. The Balaban J connectivity index is 1.36. The molecular weight excluding hydrogens is 360 g/mol. The van der Waals surface area contributed by atoms with E-state index in [0.717, 1.165) is 23.7 Å². The van der Waals surface area contributed by atoms with E-state index in [2.05, 4.69) is 19.1 Å². The summed E-state index contributed by atoms with van der Waals surface area (Å²) in [6.07, 6.45) is 18.2. The Bertz CT molecular complexity index is 671. The van der Waals surface area contributed by atoms with Gasteiger partial charge in [0.2, 0.25) is 0 Å². The molecule has 0 heterocycles. The summed E-state index contributed by atoms with van der Waals surface area (Å²) in [5.74, 6) is 4.69. The van der Waals surface area contributed by atoms with E-state index in [1.807, 2.05) is 6.92 Å². The summed E-state index contributed by atoms with van der Waals surface area (Å²) < 4.78 is 11.1. The number of rotatable bonds is 4. The quantitative estimate of drug-likeness (QED) is 0.443. The number of allylic oxidation sites excluding steroid dienone is 2. The summed E-state index contributed by atoms with van der Waals surface area (Å²) >= 11 is 0. The van der Waals surface area contributed by atoms with E-state index >= 15 is 0 Å². The number of carbonyl (C=O) groups excluding carboxylic acids is 1. The van der Waals surface area contributed by atoms with Crippen molar-refractivity contribution in [2.75, 3.05) is 13.9 Å². The fraction of sp³-hybridized carbons (Fsp3) is 0.885. The number of methoxy groups -OCH3 is 1. The van der Waals surface area contributed by atoms with Crippen LogP contribution in [0.5, 0.6) is 0 Å². The van der Waals surface area contributed by atoms with Crippen LogP contribution in [0.15, 0.2) is 12.2 Å². The molecule has 4 fully saturated rings. The maximum Gasteiger partial charge on any atom is 0.146 e. The second kappa shape index (κ2) is 7.48. The summed E-state index contributed by atoms with van der Waals surface area (Å²) in [5, 5.41) is 0. The van der Waals surface area contributed by atoms with Crippen LogP contribution in [0.25, 0.3) is 0 Å². The van der Waals surface area contributed by atoms with Crippen molar-refractivity contribution in [3.8, 4) is 0 Å². The summed E-state index contributed by atoms with van der Waals surface area (Å²) in [5.41, 5.74) is 0.939. The van der Waals surface area contributed by atoms with E-state index in [0.29, 0.717) is 35.4 Å². The summed E-state index contributed by atoms with van der Waals surface area (Å²) in [4.78, 5) is 12.4. The Labute approximate surface area is 177 Å². The van der Waals surface area contributed by atoms with Crippen LogP contribution in [0.1, 0.15) is 78.1 Å². The first-order valence-electron chi connectivity index (χ1n) is 12.3. The molecule has 29 heavy (non-hydrogen) atoms. The van der Waals surface area contributed by atoms with Gasteiger partial charge in [-0.2, -0.15) is 0 Å². The van der Waals surface area contributed by atoms with Crippen LogP contribution in [0.3, 0.4) is 0 Å². The Morgan fingerprint density at radius 3 is 2.66 bits per heavy atom. The molecule has 0 aromatic rings. The van der Waals surface area contributed by atoms with Gasteiger partial charge in [-0.1, -0.05) is 19.1 Å². The molecule has 1 spiro atoms. The van der Waals surface area contributed by atoms with Gasteiger partial charge in [0.25, 0.3) is 0 Å². The van der Waals surface area contributed by atoms with Crippen LogP contribution in [0.4, 0.5) is 0 Å². The Morgan fingerprint density at radius 2 is 1.86 bits per heavy atom. The number of hydrogen-bond donors (Lipinski definition) is 0. The second-order valence-electron chi connectivity index (χ2n) is 11.4. The van der Waals surface area contributed by atoms with E-state index in [1.54, 1.807) is 7.11 Å². The lowest BCUT2D eigenvalue weighted by atomic mass is 9.43. The third kappa shape index (κ3) is 3.01. The third-order valence-electron chi connectivity index (χ3n) is 10.6. The van der Waals surface area contributed by atoms with Crippen molar-refractivity contribution in [2.24, 2.45) is 46.3 Å². The molecule has 4 saturated carbocycles. The molecule has 162 valence electrons. The fourth-order valence-corrected chi connectivity index (χ4v) is 9.31. The summed E-state index contributed by atoms with van der Waals surface area (Å²) in [6.45, 7) is 4.89. The van der Waals surface area contributed by atoms with E-state index in [9.17, 15) is 4.79 Å².